The summed E-state index contributed by atoms with van der Waals surface area (Å²) in [5, 5.41) is 0. The fourth-order valence-electron chi connectivity index (χ4n) is 2.51. The molecule has 1 aliphatic rings. The molecule has 0 bridgehead atoms. The minimum atomic E-state index is -4.48. The van der Waals surface area contributed by atoms with E-state index in [1.54, 1.807) is 12.1 Å². The Hall–Kier alpha value is -1.65. The number of hydrogen-bond donors (Lipinski definition) is 0. The number of thiophene rings is 1. The third-order valence-electron chi connectivity index (χ3n) is 3.77. The molecule has 1 saturated heterocycles. The molecule has 0 saturated carbocycles. The summed E-state index contributed by atoms with van der Waals surface area (Å²) in [7, 11) is -3.60. The summed E-state index contributed by atoms with van der Waals surface area (Å²) in [6.07, 6.45) is -3.60. The zero-order valence-corrected chi connectivity index (χ0v) is 14.8. The Kier molecular flexibility index (Phi) is 4.78. The number of hydrogen-bond acceptors (Lipinski definition) is 5. The Balaban J connectivity index is 1.70. The monoisotopic (exact) mass is 392 g/mol. The first-order valence-electron chi connectivity index (χ1n) is 7.43. The predicted molar refractivity (Wildman–Crippen MR) is 86.1 cm³/mol. The van der Waals surface area contributed by atoms with Crippen LogP contribution in [0.25, 0.3) is 0 Å². The Morgan fingerprint density at radius 2 is 2.08 bits per heavy atom. The second-order valence-electron chi connectivity index (χ2n) is 5.64. The largest absolute Gasteiger partial charge is 0.473 e. The highest BCUT2D eigenvalue weighted by Crippen LogP contribution is 2.32. The van der Waals surface area contributed by atoms with E-state index in [9.17, 15) is 21.6 Å². The van der Waals surface area contributed by atoms with Crippen LogP contribution in [0.2, 0.25) is 0 Å². The highest BCUT2D eigenvalue weighted by Gasteiger charge is 2.35. The molecule has 25 heavy (non-hydrogen) atoms. The summed E-state index contributed by atoms with van der Waals surface area (Å²) in [5.74, 6) is -0.161. The van der Waals surface area contributed by atoms with Crippen LogP contribution in [0, 0.1) is 6.92 Å². The van der Waals surface area contributed by atoms with E-state index in [1.165, 1.54) is 15.6 Å². The van der Waals surface area contributed by atoms with Crippen molar-refractivity contribution in [3.63, 3.8) is 0 Å². The molecule has 2 aromatic rings. The molecule has 3 heterocycles. The fourth-order valence-corrected chi connectivity index (χ4v) is 5.44. The van der Waals surface area contributed by atoms with Crippen LogP contribution in [0.5, 0.6) is 5.88 Å². The Labute approximate surface area is 147 Å². The summed E-state index contributed by atoms with van der Waals surface area (Å²) in [6.45, 7) is 2.15. The zero-order chi connectivity index (χ0) is 18.2. The van der Waals surface area contributed by atoms with Crippen molar-refractivity contribution < 1.29 is 26.3 Å². The van der Waals surface area contributed by atoms with Crippen LogP contribution < -0.4 is 4.74 Å². The average molecular weight is 392 g/mol. The number of halogens is 3. The van der Waals surface area contributed by atoms with Crippen LogP contribution in [0.3, 0.4) is 0 Å². The zero-order valence-electron chi connectivity index (χ0n) is 13.2. The van der Waals surface area contributed by atoms with Crippen LogP contribution in [-0.4, -0.2) is 36.9 Å². The third-order valence-corrected chi connectivity index (χ3v) is 7.10. The Morgan fingerprint density at radius 1 is 1.32 bits per heavy atom. The molecule has 2 aromatic heterocycles. The van der Waals surface area contributed by atoms with E-state index in [4.69, 9.17) is 4.74 Å². The van der Waals surface area contributed by atoms with Crippen LogP contribution in [-0.2, 0) is 16.2 Å². The summed E-state index contributed by atoms with van der Waals surface area (Å²) in [6, 6.07) is 4.96. The highest BCUT2D eigenvalue weighted by molar-refractivity contribution is 7.91. The van der Waals surface area contributed by atoms with Crippen molar-refractivity contribution in [2.24, 2.45) is 0 Å². The summed E-state index contributed by atoms with van der Waals surface area (Å²) in [4.78, 5) is 4.66. The molecule has 136 valence electrons. The van der Waals surface area contributed by atoms with Gasteiger partial charge in [0.25, 0.3) is 10.0 Å². The highest BCUT2D eigenvalue weighted by atomic mass is 32.2. The van der Waals surface area contributed by atoms with Crippen LogP contribution in [0.15, 0.2) is 34.7 Å². The molecular formula is C15H15F3N2O3S2. The Bertz CT molecular complexity index is 865. The van der Waals surface area contributed by atoms with Gasteiger partial charge in [-0.15, -0.1) is 11.3 Å². The standard InChI is InChI=1S/C15H15F3N2O3S2/c1-10-2-3-14(24-10)25(21,22)20-7-5-12(9-20)23-13-8-11(4-6-19-13)15(16,17)18/h2-4,6,8,12H,5,7,9H2,1H3. The third kappa shape index (κ3) is 3.96. The lowest BCUT2D eigenvalue weighted by Gasteiger charge is -2.16. The minimum Gasteiger partial charge on any atom is -0.473 e. The van der Waals surface area contributed by atoms with Crippen LogP contribution in [0.4, 0.5) is 13.2 Å². The predicted octanol–water partition coefficient (Wildman–Crippen LogP) is 3.31. The second kappa shape index (κ2) is 6.58. The molecule has 1 aliphatic heterocycles. The number of aryl methyl sites for hydroxylation is 1. The van der Waals surface area contributed by atoms with Gasteiger partial charge in [-0.25, -0.2) is 13.4 Å². The van der Waals surface area contributed by atoms with Gasteiger partial charge in [0.1, 0.15) is 10.3 Å². The van der Waals surface area contributed by atoms with Gasteiger partial charge >= 0.3 is 6.18 Å². The molecule has 3 rings (SSSR count). The first-order valence-corrected chi connectivity index (χ1v) is 9.68. The summed E-state index contributed by atoms with van der Waals surface area (Å²) >= 11 is 1.18. The van der Waals surface area contributed by atoms with Gasteiger partial charge in [0.15, 0.2) is 0 Å². The van der Waals surface area contributed by atoms with Gasteiger partial charge in [0, 0.05) is 23.7 Å². The van der Waals surface area contributed by atoms with Gasteiger partial charge in [-0.1, -0.05) is 0 Å². The number of sulfonamides is 1. The van der Waals surface area contributed by atoms with Crippen molar-refractivity contribution in [2.75, 3.05) is 13.1 Å². The number of pyridine rings is 1. The van der Waals surface area contributed by atoms with Crippen molar-refractivity contribution in [3.05, 3.63) is 40.9 Å². The van der Waals surface area contributed by atoms with Crippen molar-refractivity contribution in [1.29, 1.82) is 0 Å². The van der Waals surface area contributed by atoms with E-state index in [0.717, 1.165) is 23.2 Å². The van der Waals surface area contributed by atoms with Crippen molar-refractivity contribution >= 4 is 21.4 Å². The quantitative estimate of drug-likeness (QED) is 0.801. The summed E-state index contributed by atoms with van der Waals surface area (Å²) in [5.41, 5.74) is -0.853. The van der Waals surface area contributed by atoms with Crippen molar-refractivity contribution in [1.82, 2.24) is 9.29 Å². The molecule has 0 amide bonds. The lowest BCUT2D eigenvalue weighted by atomic mass is 10.2. The maximum Gasteiger partial charge on any atom is 0.416 e. The lowest BCUT2D eigenvalue weighted by Crippen LogP contribution is -2.30. The molecule has 1 fully saturated rings. The molecule has 10 heteroatoms. The molecular weight excluding hydrogens is 377 g/mol. The van der Waals surface area contributed by atoms with E-state index >= 15 is 0 Å². The normalized spacial score (nSPS) is 19.3. The van der Waals surface area contributed by atoms with Crippen molar-refractivity contribution in [3.8, 4) is 5.88 Å². The van der Waals surface area contributed by atoms with Crippen LogP contribution in [0.1, 0.15) is 16.9 Å². The van der Waals surface area contributed by atoms with Gasteiger partial charge in [-0.3, -0.25) is 0 Å². The van der Waals surface area contributed by atoms with Gasteiger partial charge in [0.2, 0.25) is 5.88 Å². The van der Waals surface area contributed by atoms with E-state index in [2.05, 4.69) is 4.98 Å². The molecule has 1 atom stereocenters. The number of alkyl halides is 3. The van der Waals surface area contributed by atoms with Crippen LogP contribution >= 0.6 is 11.3 Å². The fraction of sp³-hybridized carbons (Fsp3) is 0.400. The second-order valence-corrected chi connectivity index (χ2v) is 9.09. The maximum atomic E-state index is 12.7. The molecule has 0 aromatic carbocycles. The number of rotatable bonds is 4. The van der Waals surface area contributed by atoms with Gasteiger partial charge in [-0.05, 0) is 31.5 Å². The van der Waals surface area contributed by atoms with E-state index in [1.807, 2.05) is 6.92 Å². The molecule has 5 nitrogen and oxygen atoms in total. The summed E-state index contributed by atoms with van der Waals surface area (Å²) < 4.78 is 70.3. The topological polar surface area (TPSA) is 59.5 Å². The molecule has 1 unspecified atom stereocenters. The van der Waals surface area contributed by atoms with Gasteiger partial charge < -0.3 is 4.74 Å². The van der Waals surface area contributed by atoms with Crippen molar-refractivity contribution in [2.45, 2.75) is 29.8 Å². The average Bonchev–Trinajstić information content (AvgIpc) is 3.16. The molecule has 0 spiro atoms. The molecule has 0 N–H and O–H groups in total. The molecule has 0 aliphatic carbocycles. The van der Waals surface area contributed by atoms with Gasteiger partial charge in [-0.2, -0.15) is 17.5 Å². The van der Waals surface area contributed by atoms with E-state index < -0.39 is 27.9 Å². The Morgan fingerprint density at radius 3 is 2.72 bits per heavy atom. The maximum absolute atomic E-state index is 12.7. The van der Waals surface area contributed by atoms with Gasteiger partial charge in [0.05, 0.1) is 12.1 Å². The first kappa shape index (κ1) is 18.2. The number of aromatic nitrogens is 1. The smallest absolute Gasteiger partial charge is 0.416 e. The SMILES string of the molecule is Cc1ccc(S(=O)(=O)N2CCC(Oc3cc(C(F)(F)F)ccn3)C2)s1. The van der Waals surface area contributed by atoms with E-state index in [0.29, 0.717) is 6.42 Å². The lowest BCUT2D eigenvalue weighted by molar-refractivity contribution is -0.137. The number of nitrogens with zero attached hydrogens (tertiary/aromatic N) is 2. The minimum absolute atomic E-state index is 0.0806. The first-order chi connectivity index (χ1) is 11.7. The van der Waals surface area contributed by atoms with E-state index in [-0.39, 0.29) is 23.2 Å². The number of ether oxygens (including phenoxy) is 1. The molecule has 0 radical (unpaired) electrons.